The van der Waals surface area contributed by atoms with Crippen LogP contribution in [-0.4, -0.2) is 35.9 Å². The summed E-state index contributed by atoms with van der Waals surface area (Å²) < 4.78 is 4.61. The molecular formula is C4H12N2O3. The molecule has 0 aliphatic carbocycles. The van der Waals surface area contributed by atoms with Crippen molar-refractivity contribution in [1.29, 1.82) is 0 Å². The quantitative estimate of drug-likeness (QED) is 0.321. The molecule has 0 aromatic rings. The summed E-state index contributed by atoms with van der Waals surface area (Å²) in [6, 6.07) is 0. The average molecular weight is 136 g/mol. The van der Waals surface area contributed by atoms with Gasteiger partial charge >= 0.3 is 0 Å². The van der Waals surface area contributed by atoms with Crippen LogP contribution in [0.4, 0.5) is 0 Å². The normalized spacial score (nSPS) is 17.3. The van der Waals surface area contributed by atoms with Gasteiger partial charge in [0.25, 0.3) is 0 Å². The maximum absolute atomic E-state index is 8.40. The van der Waals surface area contributed by atoms with Crippen molar-refractivity contribution >= 4 is 0 Å². The molecule has 0 saturated heterocycles. The molecule has 0 aromatic carbocycles. The lowest BCUT2D eigenvalue weighted by Gasteiger charge is -2.06. The van der Waals surface area contributed by atoms with Gasteiger partial charge in [-0.2, -0.15) is 0 Å². The molecule has 6 N–H and O–H groups in total. The van der Waals surface area contributed by atoms with E-state index in [2.05, 4.69) is 4.74 Å². The smallest absolute Gasteiger partial charge is 0.126 e. The molecule has 0 radical (unpaired) electrons. The van der Waals surface area contributed by atoms with Gasteiger partial charge in [0.2, 0.25) is 0 Å². The van der Waals surface area contributed by atoms with Crippen molar-refractivity contribution in [3.05, 3.63) is 0 Å². The van der Waals surface area contributed by atoms with E-state index in [-0.39, 0.29) is 13.2 Å². The highest BCUT2D eigenvalue weighted by atomic mass is 16.5. The van der Waals surface area contributed by atoms with E-state index in [1.54, 1.807) is 0 Å². The van der Waals surface area contributed by atoms with Gasteiger partial charge in [-0.3, -0.25) is 0 Å². The Kier molecular flexibility index (Phi) is 4.55. The molecule has 9 heavy (non-hydrogen) atoms. The largest absolute Gasteiger partial charge is 0.376 e. The van der Waals surface area contributed by atoms with E-state index in [9.17, 15) is 0 Å². The average Bonchev–Trinajstić information content (AvgIpc) is 1.63. The zero-order chi connectivity index (χ0) is 7.28. The van der Waals surface area contributed by atoms with Crippen LogP contribution >= 0.6 is 0 Å². The van der Waals surface area contributed by atoms with Crippen molar-refractivity contribution < 1.29 is 14.9 Å². The molecule has 2 unspecified atom stereocenters. The zero-order valence-corrected chi connectivity index (χ0v) is 5.03. The van der Waals surface area contributed by atoms with Gasteiger partial charge in [-0.1, -0.05) is 0 Å². The molecule has 0 aliphatic rings. The third-order valence-electron chi connectivity index (χ3n) is 0.577. The molecular weight excluding hydrogens is 124 g/mol. The molecule has 0 amide bonds. The van der Waals surface area contributed by atoms with E-state index in [1.165, 1.54) is 0 Å². The fourth-order valence-corrected chi connectivity index (χ4v) is 0.310. The summed E-state index contributed by atoms with van der Waals surface area (Å²) in [4.78, 5) is 0. The van der Waals surface area contributed by atoms with Gasteiger partial charge in [0.15, 0.2) is 0 Å². The minimum Gasteiger partial charge on any atom is -0.376 e. The molecule has 0 bridgehead atoms. The van der Waals surface area contributed by atoms with Gasteiger partial charge < -0.3 is 26.4 Å². The van der Waals surface area contributed by atoms with Crippen molar-refractivity contribution in [2.45, 2.75) is 12.5 Å². The Balaban J connectivity index is 2.91. The fourth-order valence-electron chi connectivity index (χ4n) is 0.310. The van der Waals surface area contributed by atoms with Crippen LogP contribution in [0.5, 0.6) is 0 Å². The van der Waals surface area contributed by atoms with Gasteiger partial charge in [-0.15, -0.1) is 0 Å². The number of aliphatic hydroxyl groups is 2. The highest BCUT2D eigenvalue weighted by molar-refractivity contribution is 4.42. The summed E-state index contributed by atoms with van der Waals surface area (Å²) in [5.41, 5.74) is 9.77. The van der Waals surface area contributed by atoms with Crippen molar-refractivity contribution in [3.63, 3.8) is 0 Å². The Morgan fingerprint density at radius 3 is 1.67 bits per heavy atom. The van der Waals surface area contributed by atoms with Crippen molar-refractivity contribution in [2.24, 2.45) is 11.5 Å². The second-order valence-corrected chi connectivity index (χ2v) is 1.67. The first-order valence-electron chi connectivity index (χ1n) is 2.58. The summed E-state index contributed by atoms with van der Waals surface area (Å²) in [6.07, 6.45) is -1.99. The monoisotopic (exact) mass is 136 g/mol. The van der Waals surface area contributed by atoms with E-state index >= 15 is 0 Å². The van der Waals surface area contributed by atoms with E-state index in [4.69, 9.17) is 21.7 Å². The highest BCUT2D eigenvalue weighted by Gasteiger charge is 1.97. The van der Waals surface area contributed by atoms with Crippen LogP contribution in [0.15, 0.2) is 0 Å². The van der Waals surface area contributed by atoms with Gasteiger partial charge in [0.1, 0.15) is 12.5 Å². The molecule has 56 valence electrons. The van der Waals surface area contributed by atoms with E-state index in [0.29, 0.717) is 0 Å². The van der Waals surface area contributed by atoms with Crippen molar-refractivity contribution in [1.82, 2.24) is 0 Å². The molecule has 0 aromatic heterocycles. The SMILES string of the molecule is NC(O)COCC(N)O. The Labute approximate surface area is 53.2 Å². The summed E-state index contributed by atoms with van der Waals surface area (Å²) in [7, 11) is 0. The first-order chi connectivity index (χ1) is 4.13. The van der Waals surface area contributed by atoms with Gasteiger partial charge in [0.05, 0.1) is 13.2 Å². The molecule has 2 atom stereocenters. The second-order valence-electron chi connectivity index (χ2n) is 1.67. The lowest BCUT2D eigenvalue weighted by atomic mass is 10.6. The summed E-state index contributed by atoms with van der Waals surface area (Å²) >= 11 is 0. The van der Waals surface area contributed by atoms with Crippen LogP contribution in [0.25, 0.3) is 0 Å². The minimum atomic E-state index is -0.997. The zero-order valence-electron chi connectivity index (χ0n) is 5.03. The summed E-state index contributed by atoms with van der Waals surface area (Å²) in [5.74, 6) is 0. The Morgan fingerprint density at radius 2 is 1.44 bits per heavy atom. The standard InChI is InChI=1S/C4H12N2O3/c5-3(7)1-9-2-4(6)8/h3-4,7-8H,1-2,5-6H2. The maximum Gasteiger partial charge on any atom is 0.126 e. The number of nitrogens with two attached hydrogens (primary N) is 2. The van der Waals surface area contributed by atoms with Gasteiger partial charge in [-0.25, -0.2) is 0 Å². The minimum absolute atomic E-state index is 0.00569. The number of hydrogen-bond acceptors (Lipinski definition) is 5. The first-order valence-corrected chi connectivity index (χ1v) is 2.58. The molecule has 0 saturated carbocycles. The third-order valence-corrected chi connectivity index (χ3v) is 0.577. The Bertz CT molecular complexity index is 58.8. The van der Waals surface area contributed by atoms with E-state index < -0.39 is 12.5 Å². The maximum atomic E-state index is 8.40. The number of aliphatic hydroxyl groups excluding tert-OH is 2. The highest BCUT2D eigenvalue weighted by Crippen LogP contribution is 1.77. The van der Waals surface area contributed by atoms with Gasteiger partial charge in [0, 0.05) is 0 Å². The molecule has 0 spiro atoms. The number of ether oxygens (including phenoxy) is 1. The Hall–Kier alpha value is -0.200. The molecule has 5 heteroatoms. The second kappa shape index (κ2) is 4.66. The van der Waals surface area contributed by atoms with Gasteiger partial charge in [-0.05, 0) is 0 Å². The predicted octanol–water partition coefficient (Wildman–Crippen LogP) is -2.44. The lowest BCUT2D eigenvalue weighted by molar-refractivity contribution is -0.00326. The summed E-state index contributed by atoms with van der Waals surface area (Å²) in [6.45, 7) is -0.0114. The van der Waals surface area contributed by atoms with Crippen LogP contribution in [0, 0.1) is 0 Å². The third kappa shape index (κ3) is 7.80. The predicted molar refractivity (Wildman–Crippen MR) is 31.2 cm³/mol. The summed E-state index contributed by atoms with van der Waals surface area (Å²) in [5, 5.41) is 16.8. The van der Waals surface area contributed by atoms with Crippen molar-refractivity contribution in [2.75, 3.05) is 13.2 Å². The molecule has 0 rings (SSSR count). The number of hydrogen-bond donors (Lipinski definition) is 4. The molecule has 0 heterocycles. The molecule has 0 aliphatic heterocycles. The molecule has 0 fully saturated rings. The van der Waals surface area contributed by atoms with Crippen molar-refractivity contribution in [3.8, 4) is 0 Å². The van der Waals surface area contributed by atoms with Crippen LogP contribution in [0.3, 0.4) is 0 Å². The van der Waals surface area contributed by atoms with Crippen LogP contribution < -0.4 is 11.5 Å². The topological polar surface area (TPSA) is 102 Å². The van der Waals surface area contributed by atoms with E-state index in [1.807, 2.05) is 0 Å². The first kappa shape index (κ1) is 8.80. The number of rotatable bonds is 4. The fraction of sp³-hybridized carbons (Fsp3) is 1.00. The van der Waals surface area contributed by atoms with Crippen LogP contribution in [0.2, 0.25) is 0 Å². The molecule has 5 nitrogen and oxygen atoms in total. The van der Waals surface area contributed by atoms with Crippen LogP contribution in [0.1, 0.15) is 0 Å². The lowest BCUT2D eigenvalue weighted by Crippen LogP contribution is -2.30. The van der Waals surface area contributed by atoms with Crippen LogP contribution in [-0.2, 0) is 4.74 Å². The Morgan fingerprint density at radius 1 is 1.11 bits per heavy atom. The van der Waals surface area contributed by atoms with E-state index in [0.717, 1.165) is 0 Å².